The van der Waals surface area contributed by atoms with Crippen molar-refractivity contribution in [3.8, 4) is 0 Å². The number of hydrogen-bond acceptors (Lipinski definition) is 3. The molecule has 1 atom stereocenters. The summed E-state index contributed by atoms with van der Waals surface area (Å²) >= 11 is 0. The Morgan fingerprint density at radius 1 is 1.50 bits per heavy atom. The van der Waals surface area contributed by atoms with Gasteiger partial charge in [-0.15, -0.1) is 0 Å². The second-order valence-corrected chi connectivity index (χ2v) is 3.31. The van der Waals surface area contributed by atoms with Crippen LogP contribution in [0.4, 0.5) is 8.78 Å². The molecule has 0 aromatic heterocycles. The van der Waals surface area contributed by atoms with E-state index in [1.165, 1.54) is 21.0 Å². The van der Waals surface area contributed by atoms with Crippen molar-refractivity contribution in [3.63, 3.8) is 0 Å². The van der Waals surface area contributed by atoms with Crippen LogP contribution in [0, 0.1) is 10.3 Å². The Hall–Kier alpha value is -0.580. The fourth-order valence-electron chi connectivity index (χ4n) is 0.987. The van der Waals surface area contributed by atoms with Gasteiger partial charge in [0.1, 0.15) is 0 Å². The number of methoxy groups -OCH3 is 1. The Kier molecular flexibility index (Phi) is 4.23. The summed E-state index contributed by atoms with van der Waals surface area (Å²) in [5.41, 5.74) is -0.912. The third-order valence-corrected chi connectivity index (χ3v) is 1.67. The second-order valence-electron chi connectivity index (χ2n) is 3.31. The van der Waals surface area contributed by atoms with Crippen LogP contribution in [0.15, 0.2) is 5.18 Å². The molecule has 0 aromatic rings. The van der Waals surface area contributed by atoms with Gasteiger partial charge in [-0.05, 0) is 0 Å². The summed E-state index contributed by atoms with van der Waals surface area (Å²) < 4.78 is 29.0. The summed E-state index contributed by atoms with van der Waals surface area (Å²) in [6, 6.07) is -1.50. The van der Waals surface area contributed by atoms with Crippen LogP contribution in [0.3, 0.4) is 0 Å². The van der Waals surface area contributed by atoms with Crippen molar-refractivity contribution in [2.24, 2.45) is 10.6 Å². The van der Waals surface area contributed by atoms with Crippen LogP contribution >= 0.6 is 0 Å². The summed E-state index contributed by atoms with van der Waals surface area (Å²) in [6.45, 7) is 3.14. The number of hydrogen-bond donors (Lipinski definition) is 0. The van der Waals surface area contributed by atoms with Crippen molar-refractivity contribution in [1.82, 2.24) is 0 Å². The third kappa shape index (κ3) is 2.81. The van der Waals surface area contributed by atoms with Crippen molar-refractivity contribution in [3.05, 3.63) is 4.91 Å². The van der Waals surface area contributed by atoms with Crippen LogP contribution in [0.1, 0.15) is 13.8 Å². The predicted octanol–water partition coefficient (Wildman–Crippen LogP) is 2.06. The first-order chi connectivity index (χ1) is 5.45. The normalized spacial score (nSPS) is 14.8. The highest BCUT2D eigenvalue weighted by atomic mass is 19.3. The van der Waals surface area contributed by atoms with Gasteiger partial charge in [-0.2, -0.15) is 4.91 Å². The van der Waals surface area contributed by atoms with Gasteiger partial charge in [0.05, 0.1) is 6.61 Å². The zero-order valence-corrected chi connectivity index (χ0v) is 7.38. The first-order valence-electron chi connectivity index (χ1n) is 3.55. The van der Waals surface area contributed by atoms with Gasteiger partial charge in [0.2, 0.25) is 0 Å². The molecule has 0 fully saturated rings. The zero-order chi connectivity index (χ0) is 9.78. The lowest BCUT2D eigenvalue weighted by Crippen LogP contribution is -2.37. The number of nitroso groups, excluding NO2 is 1. The standard InChI is InChI=1S/C7H13F2NO2/c1-7(2,4-12-3)5(10-11)6(8)9/h5-6H,4H2,1-3H3. The van der Waals surface area contributed by atoms with Gasteiger partial charge >= 0.3 is 0 Å². The smallest absolute Gasteiger partial charge is 0.264 e. The Morgan fingerprint density at radius 3 is 2.25 bits per heavy atom. The summed E-state index contributed by atoms with van der Waals surface area (Å²) in [5.74, 6) is 0. The van der Waals surface area contributed by atoms with E-state index in [0.29, 0.717) is 0 Å². The molecule has 0 N–H and O–H groups in total. The molecule has 0 spiro atoms. The lowest BCUT2D eigenvalue weighted by Gasteiger charge is -2.27. The molecule has 0 aliphatic rings. The molecule has 0 rings (SSSR count). The fraction of sp³-hybridized carbons (Fsp3) is 1.00. The van der Waals surface area contributed by atoms with Crippen LogP contribution in [0.5, 0.6) is 0 Å². The number of halogens is 2. The molecule has 0 heterocycles. The Labute approximate surface area is 70.1 Å². The number of rotatable bonds is 5. The lowest BCUT2D eigenvalue weighted by atomic mass is 9.86. The molecule has 1 unspecified atom stereocenters. The monoisotopic (exact) mass is 181 g/mol. The third-order valence-electron chi connectivity index (χ3n) is 1.67. The van der Waals surface area contributed by atoms with Crippen molar-refractivity contribution in [2.45, 2.75) is 26.3 Å². The molecule has 0 bridgehead atoms. The van der Waals surface area contributed by atoms with E-state index in [4.69, 9.17) is 4.74 Å². The van der Waals surface area contributed by atoms with E-state index in [1.807, 2.05) is 0 Å². The highest BCUT2D eigenvalue weighted by molar-refractivity contribution is 4.85. The molecule has 0 radical (unpaired) electrons. The van der Waals surface area contributed by atoms with Gasteiger partial charge in [0.25, 0.3) is 6.43 Å². The molecule has 3 nitrogen and oxygen atoms in total. The van der Waals surface area contributed by atoms with Crippen molar-refractivity contribution in [1.29, 1.82) is 0 Å². The second kappa shape index (κ2) is 4.45. The lowest BCUT2D eigenvalue weighted by molar-refractivity contribution is 0.0137. The molecule has 0 saturated carbocycles. The minimum atomic E-state index is -2.73. The molecule has 0 saturated heterocycles. The predicted molar refractivity (Wildman–Crippen MR) is 41.2 cm³/mol. The summed E-state index contributed by atoms with van der Waals surface area (Å²) in [6.07, 6.45) is -2.73. The van der Waals surface area contributed by atoms with Crippen LogP contribution in [-0.4, -0.2) is 26.2 Å². The zero-order valence-electron chi connectivity index (χ0n) is 7.38. The summed E-state index contributed by atoms with van der Waals surface area (Å²) in [4.78, 5) is 10.1. The van der Waals surface area contributed by atoms with E-state index < -0.39 is 17.9 Å². The first kappa shape index (κ1) is 11.4. The average Bonchev–Trinajstić information content (AvgIpc) is 1.86. The Bertz CT molecular complexity index is 150. The van der Waals surface area contributed by atoms with Crippen molar-refractivity contribution < 1.29 is 13.5 Å². The average molecular weight is 181 g/mol. The van der Waals surface area contributed by atoms with E-state index in [0.717, 1.165) is 0 Å². The maximum Gasteiger partial charge on any atom is 0.264 e. The Balaban J connectivity index is 4.35. The number of nitrogens with zero attached hydrogens (tertiary/aromatic N) is 1. The minimum absolute atomic E-state index is 0.0910. The molecule has 0 aliphatic carbocycles. The van der Waals surface area contributed by atoms with E-state index in [-0.39, 0.29) is 6.61 Å². The van der Waals surface area contributed by atoms with Crippen LogP contribution in [0.2, 0.25) is 0 Å². The van der Waals surface area contributed by atoms with Gasteiger partial charge in [-0.25, -0.2) is 8.78 Å². The van der Waals surface area contributed by atoms with Gasteiger partial charge in [-0.1, -0.05) is 19.0 Å². The first-order valence-corrected chi connectivity index (χ1v) is 3.55. The largest absolute Gasteiger partial charge is 0.384 e. The van der Waals surface area contributed by atoms with E-state index >= 15 is 0 Å². The fourth-order valence-corrected chi connectivity index (χ4v) is 0.987. The molecular formula is C7H13F2NO2. The molecule has 5 heteroatoms. The minimum Gasteiger partial charge on any atom is -0.384 e. The van der Waals surface area contributed by atoms with Crippen molar-refractivity contribution >= 4 is 0 Å². The molecule has 72 valence electrons. The van der Waals surface area contributed by atoms with Crippen LogP contribution in [0.25, 0.3) is 0 Å². The van der Waals surface area contributed by atoms with Crippen molar-refractivity contribution in [2.75, 3.05) is 13.7 Å². The van der Waals surface area contributed by atoms with Gasteiger partial charge in [0, 0.05) is 12.5 Å². The highest BCUT2D eigenvalue weighted by Crippen LogP contribution is 2.28. The quantitative estimate of drug-likeness (QED) is 0.609. The van der Waals surface area contributed by atoms with Gasteiger partial charge in [0.15, 0.2) is 6.04 Å². The SMILES string of the molecule is COCC(C)(C)C(N=O)C(F)F. The topological polar surface area (TPSA) is 38.7 Å². The molecular weight excluding hydrogens is 168 g/mol. The van der Waals surface area contributed by atoms with E-state index in [1.54, 1.807) is 0 Å². The summed E-state index contributed by atoms with van der Waals surface area (Å²) in [5, 5.41) is 2.40. The van der Waals surface area contributed by atoms with E-state index in [9.17, 15) is 13.7 Å². The highest BCUT2D eigenvalue weighted by Gasteiger charge is 2.37. The van der Waals surface area contributed by atoms with Crippen LogP contribution < -0.4 is 0 Å². The molecule has 0 aromatic carbocycles. The number of alkyl halides is 2. The van der Waals surface area contributed by atoms with Crippen LogP contribution in [-0.2, 0) is 4.74 Å². The molecule has 0 amide bonds. The van der Waals surface area contributed by atoms with E-state index in [2.05, 4.69) is 5.18 Å². The molecule has 0 aliphatic heterocycles. The molecule has 12 heavy (non-hydrogen) atoms. The summed E-state index contributed by atoms with van der Waals surface area (Å²) in [7, 11) is 1.40. The maximum absolute atomic E-state index is 12.2. The van der Waals surface area contributed by atoms with Gasteiger partial charge < -0.3 is 4.74 Å². The Morgan fingerprint density at radius 2 is 2.00 bits per heavy atom. The van der Waals surface area contributed by atoms with Gasteiger partial charge in [-0.3, -0.25) is 0 Å². The maximum atomic E-state index is 12.2. The number of ether oxygens (including phenoxy) is 1.